The molecule has 0 aliphatic heterocycles. The van der Waals surface area contributed by atoms with Crippen LogP contribution in [0.2, 0.25) is 0 Å². The number of fused-ring (bicyclic) bond motifs is 1. The van der Waals surface area contributed by atoms with Gasteiger partial charge in [0.1, 0.15) is 6.42 Å². The van der Waals surface area contributed by atoms with Gasteiger partial charge in [-0.05, 0) is 55.9 Å². The Morgan fingerprint density at radius 1 is 1.28 bits per heavy atom. The highest BCUT2D eigenvalue weighted by Crippen LogP contribution is 2.23. The zero-order chi connectivity index (χ0) is 18.0. The fourth-order valence-corrected chi connectivity index (χ4v) is 3.17. The number of anilines is 1. The fourth-order valence-electron chi connectivity index (χ4n) is 3.17. The van der Waals surface area contributed by atoms with Crippen LogP contribution < -0.4 is 5.32 Å². The number of amides is 2. The van der Waals surface area contributed by atoms with E-state index in [4.69, 9.17) is 0 Å². The lowest BCUT2D eigenvalue weighted by atomic mass is 10.1. The Morgan fingerprint density at radius 3 is 2.88 bits per heavy atom. The zero-order valence-electron chi connectivity index (χ0n) is 15.0. The predicted octanol–water partition coefficient (Wildman–Crippen LogP) is 2.50. The molecule has 2 N–H and O–H groups in total. The van der Waals surface area contributed by atoms with Gasteiger partial charge in [0.25, 0.3) is 0 Å². The summed E-state index contributed by atoms with van der Waals surface area (Å²) < 4.78 is 0. The van der Waals surface area contributed by atoms with Gasteiger partial charge in [0, 0.05) is 18.4 Å². The van der Waals surface area contributed by atoms with E-state index in [2.05, 4.69) is 15.5 Å². The molecule has 1 aliphatic carbocycles. The van der Waals surface area contributed by atoms with Gasteiger partial charge in [-0.1, -0.05) is 12.1 Å². The number of aromatic nitrogens is 2. The maximum Gasteiger partial charge on any atom is 0.233 e. The number of hydrogen-bond acceptors (Lipinski definition) is 3. The third-order valence-electron chi connectivity index (χ3n) is 4.68. The first-order valence-corrected chi connectivity index (χ1v) is 8.60. The summed E-state index contributed by atoms with van der Waals surface area (Å²) in [6.45, 7) is 4.33. The number of benzene rings is 1. The molecule has 0 unspecified atom stereocenters. The molecule has 1 aromatic carbocycles. The van der Waals surface area contributed by atoms with Crippen molar-refractivity contribution in [2.45, 2.75) is 46.1 Å². The first-order valence-electron chi connectivity index (χ1n) is 8.60. The summed E-state index contributed by atoms with van der Waals surface area (Å²) in [7, 11) is 1.71. The first kappa shape index (κ1) is 17.2. The maximum atomic E-state index is 12.3. The minimum Gasteiger partial charge on any atom is -0.339 e. The zero-order valence-corrected chi connectivity index (χ0v) is 15.0. The number of carbonyl (C=O) groups is 2. The van der Waals surface area contributed by atoms with E-state index < -0.39 is 0 Å². The molecule has 0 fully saturated rings. The van der Waals surface area contributed by atoms with E-state index >= 15 is 0 Å². The van der Waals surface area contributed by atoms with Crippen LogP contribution in [0.1, 0.15) is 40.9 Å². The lowest BCUT2D eigenvalue weighted by Gasteiger charge is -2.17. The highest BCUT2D eigenvalue weighted by Gasteiger charge is 2.21. The molecule has 2 amide bonds. The fraction of sp³-hybridized carbons (Fsp3) is 0.421. The summed E-state index contributed by atoms with van der Waals surface area (Å²) in [5.74, 6) is -0.504. The van der Waals surface area contributed by atoms with E-state index in [1.54, 1.807) is 11.9 Å². The number of carbonyl (C=O) groups excluding carboxylic acids is 2. The van der Waals surface area contributed by atoms with Crippen molar-refractivity contribution in [3.05, 3.63) is 46.3 Å². The topological polar surface area (TPSA) is 78.1 Å². The van der Waals surface area contributed by atoms with E-state index in [0.717, 1.165) is 41.8 Å². The smallest absolute Gasteiger partial charge is 0.233 e. The maximum absolute atomic E-state index is 12.3. The molecule has 0 radical (unpaired) electrons. The second-order valence-electron chi connectivity index (χ2n) is 6.77. The molecule has 0 spiro atoms. The second kappa shape index (κ2) is 7.09. The molecule has 132 valence electrons. The van der Waals surface area contributed by atoms with Crippen molar-refractivity contribution in [2.75, 3.05) is 12.4 Å². The average Bonchev–Trinajstić information content (AvgIpc) is 3.16. The van der Waals surface area contributed by atoms with Crippen molar-refractivity contribution >= 4 is 17.5 Å². The molecule has 1 aliphatic rings. The largest absolute Gasteiger partial charge is 0.339 e. The van der Waals surface area contributed by atoms with Gasteiger partial charge in [0.2, 0.25) is 11.8 Å². The summed E-state index contributed by atoms with van der Waals surface area (Å²) in [6, 6.07) is 5.86. The molecule has 0 saturated carbocycles. The van der Waals surface area contributed by atoms with Crippen LogP contribution in [0.3, 0.4) is 0 Å². The van der Waals surface area contributed by atoms with E-state index in [0.29, 0.717) is 6.54 Å². The standard InChI is InChI=1S/C19H24N4O2/c1-12-7-8-13(2)16(9-12)20-18(24)10-19(25)23(3)11-17-14-5-4-6-15(14)21-22-17/h7-9H,4-6,10-11H2,1-3H3,(H,20,24)(H,21,22). The van der Waals surface area contributed by atoms with Gasteiger partial charge in [-0.2, -0.15) is 5.10 Å². The Hall–Kier alpha value is -2.63. The predicted molar refractivity (Wildman–Crippen MR) is 96.2 cm³/mol. The SMILES string of the molecule is Cc1ccc(C)c(NC(=O)CC(=O)N(C)Cc2n[nH]c3c2CCC3)c1. The van der Waals surface area contributed by atoms with Gasteiger partial charge in [0.15, 0.2) is 0 Å². The van der Waals surface area contributed by atoms with Crippen LogP contribution in [0.4, 0.5) is 5.69 Å². The molecule has 1 heterocycles. The average molecular weight is 340 g/mol. The highest BCUT2D eigenvalue weighted by atomic mass is 16.2. The Balaban J connectivity index is 1.57. The summed E-state index contributed by atoms with van der Waals surface area (Å²) in [5, 5.41) is 10.2. The van der Waals surface area contributed by atoms with Gasteiger partial charge in [0.05, 0.1) is 12.2 Å². The molecular weight excluding hydrogens is 316 g/mol. The monoisotopic (exact) mass is 340 g/mol. The lowest BCUT2D eigenvalue weighted by molar-refractivity contribution is -0.134. The van der Waals surface area contributed by atoms with Crippen LogP contribution in [0, 0.1) is 13.8 Å². The van der Waals surface area contributed by atoms with Crippen LogP contribution in [-0.2, 0) is 29.0 Å². The molecule has 3 rings (SSSR count). The molecule has 2 aromatic rings. The second-order valence-corrected chi connectivity index (χ2v) is 6.77. The number of H-pyrrole nitrogens is 1. The van der Waals surface area contributed by atoms with Gasteiger partial charge in [-0.25, -0.2) is 0 Å². The number of aromatic amines is 1. The van der Waals surface area contributed by atoms with Gasteiger partial charge in [-0.3, -0.25) is 14.7 Å². The van der Waals surface area contributed by atoms with Crippen molar-refractivity contribution in [3.8, 4) is 0 Å². The minimum absolute atomic E-state index is 0.170. The normalized spacial score (nSPS) is 12.8. The Kier molecular flexibility index (Phi) is 4.88. The lowest BCUT2D eigenvalue weighted by Crippen LogP contribution is -2.30. The van der Waals surface area contributed by atoms with E-state index in [1.807, 2.05) is 32.0 Å². The van der Waals surface area contributed by atoms with Crippen molar-refractivity contribution < 1.29 is 9.59 Å². The van der Waals surface area contributed by atoms with Crippen LogP contribution in [0.25, 0.3) is 0 Å². The number of hydrogen-bond donors (Lipinski definition) is 2. The molecule has 6 heteroatoms. The Labute approximate surface area is 147 Å². The van der Waals surface area contributed by atoms with E-state index in [1.165, 1.54) is 11.3 Å². The van der Waals surface area contributed by atoms with Crippen LogP contribution >= 0.6 is 0 Å². The van der Waals surface area contributed by atoms with Gasteiger partial charge < -0.3 is 10.2 Å². The van der Waals surface area contributed by atoms with Gasteiger partial charge in [-0.15, -0.1) is 0 Å². The van der Waals surface area contributed by atoms with Crippen LogP contribution in [0.15, 0.2) is 18.2 Å². The molecule has 25 heavy (non-hydrogen) atoms. The Morgan fingerprint density at radius 2 is 2.08 bits per heavy atom. The van der Waals surface area contributed by atoms with Gasteiger partial charge >= 0.3 is 0 Å². The number of aryl methyl sites for hydroxylation is 3. The van der Waals surface area contributed by atoms with Crippen molar-refractivity contribution in [2.24, 2.45) is 0 Å². The molecule has 1 aromatic heterocycles. The highest BCUT2D eigenvalue weighted by molar-refractivity contribution is 6.03. The number of nitrogens with zero attached hydrogens (tertiary/aromatic N) is 2. The van der Waals surface area contributed by atoms with Crippen molar-refractivity contribution in [1.82, 2.24) is 15.1 Å². The molecule has 6 nitrogen and oxygen atoms in total. The molecule has 0 atom stereocenters. The summed E-state index contributed by atoms with van der Waals surface area (Å²) >= 11 is 0. The summed E-state index contributed by atoms with van der Waals surface area (Å²) in [6.07, 6.45) is 3.00. The molecule has 0 bridgehead atoms. The third kappa shape index (κ3) is 3.90. The van der Waals surface area contributed by atoms with E-state index in [-0.39, 0.29) is 18.2 Å². The summed E-state index contributed by atoms with van der Waals surface area (Å²) in [5.41, 5.74) is 6.13. The Bertz CT molecular complexity index is 810. The third-order valence-corrected chi connectivity index (χ3v) is 4.68. The molecule has 0 saturated heterocycles. The van der Waals surface area contributed by atoms with E-state index in [9.17, 15) is 9.59 Å². The molecular formula is C19H24N4O2. The number of rotatable bonds is 5. The van der Waals surface area contributed by atoms with Crippen molar-refractivity contribution in [3.63, 3.8) is 0 Å². The minimum atomic E-state index is -0.294. The number of nitrogens with one attached hydrogen (secondary N) is 2. The van der Waals surface area contributed by atoms with Crippen molar-refractivity contribution in [1.29, 1.82) is 0 Å². The quantitative estimate of drug-likeness (QED) is 0.821. The van der Waals surface area contributed by atoms with Crippen LogP contribution in [-0.4, -0.2) is 34.0 Å². The van der Waals surface area contributed by atoms with Crippen LogP contribution in [0.5, 0.6) is 0 Å². The first-order chi connectivity index (χ1) is 11.9. The summed E-state index contributed by atoms with van der Waals surface area (Å²) in [4.78, 5) is 26.1.